The van der Waals surface area contributed by atoms with Crippen molar-refractivity contribution < 1.29 is 0 Å². The topological polar surface area (TPSA) is 0 Å². The van der Waals surface area contributed by atoms with Crippen molar-refractivity contribution in [2.24, 2.45) is 0 Å². The lowest BCUT2D eigenvalue weighted by Crippen LogP contribution is -1.83. The van der Waals surface area contributed by atoms with Crippen molar-refractivity contribution in [3.05, 3.63) is 58.4 Å². The predicted octanol–water partition coefficient (Wildman–Crippen LogP) is 3.18. The van der Waals surface area contributed by atoms with Crippen LogP contribution in [0.2, 0.25) is 0 Å². The molecule has 0 saturated carbocycles. The van der Waals surface area contributed by atoms with Gasteiger partial charge in [-0.05, 0) is 28.0 Å². The number of allylic oxidation sites excluding steroid dienone is 8. The summed E-state index contributed by atoms with van der Waals surface area (Å²) in [6, 6.07) is 0. The lowest BCUT2D eigenvalue weighted by atomic mass is 10.1. The second-order valence-electron chi connectivity index (χ2n) is 2.38. The minimum absolute atomic E-state index is 1.30. The molecule has 0 atom stereocenters. The van der Waals surface area contributed by atoms with Crippen LogP contribution in [0.3, 0.4) is 0 Å². The summed E-state index contributed by atoms with van der Waals surface area (Å²) in [6.45, 7) is 0. The van der Waals surface area contributed by atoms with Crippen LogP contribution in [-0.4, -0.2) is 0 Å². The Morgan fingerprint density at radius 2 is 1.91 bits per heavy atom. The zero-order chi connectivity index (χ0) is 7.52. The molecule has 1 heteroatoms. The van der Waals surface area contributed by atoms with E-state index in [9.17, 15) is 0 Å². The Morgan fingerprint density at radius 1 is 0.909 bits per heavy atom. The molecular weight excluding hydrogens is 152 g/mol. The first kappa shape index (κ1) is 6.74. The van der Waals surface area contributed by atoms with Crippen LogP contribution in [-0.2, 0) is 0 Å². The van der Waals surface area contributed by atoms with Gasteiger partial charge in [-0.1, -0.05) is 30.4 Å². The van der Waals surface area contributed by atoms with Crippen molar-refractivity contribution in [1.82, 2.24) is 0 Å². The third-order valence-corrected chi connectivity index (χ3v) is 2.31. The van der Waals surface area contributed by atoms with Gasteiger partial charge in [0, 0.05) is 0 Å². The number of fused-ring (bicyclic) bond motifs is 1. The first-order valence-corrected chi connectivity index (χ1v) is 4.49. The molecule has 1 aliphatic carbocycles. The second-order valence-corrected chi connectivity index (χ2v) is 3.16. The molecule has 11 heavy (non-hydrogen) atoms. The monoisotopic (exact) mass is 160 g/mol. The summed E-state index contributed by atoms with van der Waals surface area (Å²) in [6.07, 6.45) is 12.6. The summed E-state index contributed by atoms with van der Waals surface area (Å²) in [5.41, 5.74) is 2.61. The normalized spacial score (nSPS) is 20.4. The Kier molecular flexibility index (Phi) is 1.82. The van der Waals surface area contributed by atoms with E-state index in [1.165, 1.54) is 11.1 Å². The number of thioether (sulfide) groups is 1. The van der Waals surface area contributed by atoms with Crippen molar-refractivity contribution in [3.63, 3.8) is 0 Å². The molecule has 1 heterocycles. The fraction of sp³-hybridized carbons (Fsp3) is 0. The summed E-state index contributed by atoms with van der Waals surface area (Å²) >= 11 is 1.73. The maximum Gasteiger partial charge on any atom is -0.0117 e. The van der Waals surface area contributed by atoms with Crippen LogP contribution in [0.15, 0.2) is 58.4 Å². The molecule has 0 unspecified atom stereocenters. The van der Waals surface area contributed by atoms with Crippen LogP contribution < -0.4 is 0 Å². The molecule has 1 aliphatic heterocycles. The van der Waals surface area contributed by atoms with E-state index in [-0.39, 0.29) is 0 Å². The van der Waals surface area contributed by atoms with E-state index < -0.39 is 0 Å². The third kappa shape index (κ3) is 1.38. The van der Waals surface area contributed by atoms with E-state index >= 15 is 0 Å². The molecule has 0 N–H and O–H groups in total. The Labute approximate surface area is 70.7 Å². The van der Waals surface area contributed by atoms with Gasteiger partial charge in [0.2, 0.25) is 0 Å². The Bertz CT molecular complexity index is 301. The minimum atomic E-state index is 1.30. The van der Waals surface area contributed by atoms with Crippen molar-refractivity contribution in [3.8, 4) is 0 Å². The first-order chi connectivity index (χ1) is 5.47. The van der Waals surface area contributed by atoms with Gasteiger partial charge >= 0.3 is 0 Å². The van der Waals surface area contributed by atoms with Gasteiger partial charge in [0.15, 0.2) is 0 Å². The Balaban J connectivity index is 2.44. The van der Waals surface area contributed by atoms with Gasteiger partial charge in [0.1, 0.15) is 0 Å². The van der Waals surface area contributed by atoms with Crippen LogP contribution in [0.25, 0.3) is 0 Å². The molecule has 0 saturated heterocycles. The van der Waals surface area contributed by atoms with Crippen LogP contribution in [0.5, 0.6) is 0 Å². The summed E-state index contributed by atoms with van der Waals surface area (Å²) in [5, 5.41) is 4.26. The van der Waals surface area contributed by atoms with Gasteiger partial charge in [-0.3, -0.25) is 0 Å². The zero-order valence-electron chi connectivity index (χ0n) is 6.03. The van der Waals surface area contributed by atoms with Crippen LogP contribution >= 0.6 is 11.8 Å². The number of rotatable bonds is 0. The highest BCUT2D eigenvalue weighted by Crippen LogP contribution is 2.25. The quantitative estimate of drug-likeness (QED) is 0.524. The number of hydrogen-bond acceptors (Lipinski definition) is 1. The lowest BCUT2D eigenvalue weighted by molar-refractivity contribution is 1.58. The average molecular weight is 160 g/mol. The largest absolute Gasteiger partial charge is 0.105 e. The van der Waals surface area contributed by atoms with E-state index in [0.29, 0.717) is 0 Å². The van der Waals surface area contributed by atoms with Crippen molar-refractivity contribution in [1.29, 1.82) is 0 Å². The van der Waals surface area contributed by atoms with E-state index in [4.69, 9.17) is 0 Å². The molecule has 0 aromatic carbocycles. The average Bonchev–Trinajstić information content (AvgIpc) is 2.28. The molecule has 54 valence electrons. The first-order valence-electron chi connectivity index (χ1n) is 3.54. The van der Waals surface area contributed by atoms with Gasteiger partial charge < -0.3 is 0 Å². The molecule has 2 rings (SSSR count). The maximum absolute atomic E-state index is 2.16. The molecule has 0 radical (unpaired) electrons. The molecule has 0 aromatic rings. The lowest BCUT2D eigenvalue weighted by Gasteiger charge is -2.05. The highest BCUT2D eigenvalue weighted by atomic mass is 32.2. The van der Waals surface area contributed by atoms with E-state index in [1.807, 2.05) is 6.08 Å². The number of hydrogen-bond donors (Lipinski definition) is 0. The van der Waals surface area contributed by atoms with Gasteiger partial charge in [-0.15, -0.1) is 11.8 Å². The van der Waals surface area contributed by atoms with Gasteiger partial charge in [0.25, 0.3) is 0 Å². The molecule has 0 fully saturated rings. The fourth-order valence-corrected chi connectivity index (χ4v) is 1.72. The Morgan fingerprint density at radius 3 is 2.91 bits per heavy atom. The van der Waals surface area contributed by atoms with E-state index in [1.54, 1.807) is 11.8 Å². The molecule has 0 aromatic heterocycles. The summed E-state index contributed by atoms with van der Waals surface area (Å²) in [5.74, 6) is 0. The van der Waals surface area contributed by atoms with Crippen molar-refractivity contribution in [2.75, 3.05) is 0 Å². The molecular formula is C10H8S. The smallest absolute Gasteiger partial charge is 0.0117 e. The summed E-state index contributed by atoms with van der Waals surface area (Å²) in [4.78, 5) is 0. The molecule has 0 bridgehead atoms. The standard InChI is InChI=1S/C10H8S/c1-2-4-9-6-7-11-8-10(9)5-3-1/h1-8H. The summed E-state index contributed by atoms with van der Waals surface area (Å²) < 4.78 is 0. The van der Waals surface area contributed by atoms with Crippen LogP contribution in [0.1, 0.15) is 0 Å². The second kappa shape index (κ2) is 2.97. The SMILES string of the molecule is C1=CC=C2C=CSC=C2C=C1. The zero-order valence-corrected chi connectivity index (χ0v) is 6.84. The van der Waals surface area contributed by atoms with Crippen molar-refractivity contribution in [2.45, 2.75) is 0 Å². The highest BCUT2D eigenvalue weighted by molar-refractivity contribution is 8.05. The van der Waals surface area contributed by atoms with E-state index in [2.05, 4.69) is 41.2 Å². The predicted molar refractivity (Wildman–Crippen MR) is 51.2 cm³/mol. The van der Waals surface area contributed by atoms with Crippen LogP contribution in [0, 0.1) is 0 Å². The van der Waals surface area contributed by atoms with Gasteiger partial charge in [0.05, 0.1) is 0 Å². The summed E-state index contributed by atoms with van der Waals surface area (Å²) in [7, 11) is 0. The maximum atomic E-state index is 2.16. The molecule has 0 spiro atoms. The van der Waals surface area contributed by atoms with Crippen LogP contribution in [0.4, 0.5) is 0 Å². The molecule has 0 nitrogen and oxygen atoms in total. The Hall–Kier alpha value is -0.950. The molecule has 2 aliphatic rings. The minimum Gasteiger partial charge on any atom is -0.105 e. The van der Waals surface area contributed by atoms with Crippen molar-refractivity contribution >= 4 is 11.8 Å². The van der Waals surface area contributed by atoms with Gasteiger partial charge in [-0.2, -0.15) is 0 Å². The van der Waals surface area contributed by atoms with E-state index in [0.717, 1.165) is 0 Å². The highest BCUT2D eigenvalue weighted by Gasteiger charge is 2.01. The fourth-order valence-electron chi connectivity index (χ4n) is 1.06. The molecule has 0 amide bonds. The third-order valence-electron chi connectivity index (χ3n) is 1.63. The van der Waals surface area contributed by atoms with Gasteiger partial charge in [-0.25, -0.2) is 0 Å².